The Labute approximate surface area is 96.1 Å². The summed E-state index contributed by atoms with van der Waals surface area (Å²) in [7, 11) is 0. The second-order valence-corrected chi connectivity index (χ2v) is 3.60. The molecule has 2 heterocycles. The molecule has 0 aromatic carbocycles. The maximum absolute atomic E-state index is 11.5. The summed E-state index contributed by atoms with van der Waals surface area (Å²) in [5.41, 5.74) is -1.52. The van der Waals surface area contributed by atoms with Crippen LogP contribution in [0.2, 0.25) is 0 Å². The van der Waals surface area contributed by atoms with Gasteiger partial charge in [-0.15, -0.1) is 0 Å². The van der Waals surface area contributed by atoms with Crippen molar-refractivity contribution in [2.45, 2.75) is 24.5 Å². The summed E-state index contributed by atoms with van der Waals surface area (Å²) in [6, 6.07) is 1.01. The minimum Gasteiger partial charge on any atom is -0.394 e. The van der Waals surface area contributed by atoms with Crippen LogP contribution in [0, 0.1) is 0 Å². The Balaban J connectivity index is 2.45. The Hall–Kier alpha value is -1.48. The van der Waals surface area contributed by atoms with Gasteiger partial charge in [0.2, 0.25) is 0 Å². The number of ether oxygens (including phenoxy) is 1. The monoisotopic (exact) mass is 246 g/mol. The van der Waals surface area contributed by atoms with Gasteiger partial charge in [-0.05, 0) is 0 Å². The van der Waals surface area contributed by atoms with E-state index < -0.39 is 42.4 Å². The zero-order chi connectivity index (χ0) is 13.5. The maximum atomic E-state index is 11.5. The summed E-state index contributed by atoms with van der Waals surface area (Å²) in [6.07, 6.45) is -5.84. The molecule has 1 aliphatic heterocycles. The van der Waals surface area contributed by atoms with Crippen molar-refractivity contribution in [3.63, 3.8) is 0 Å². The number of aliphatic hydroxyl groups is 3. The number of rotatable bonds is 2. The van der Waals surface area contributed by atoms with Crippen molar-refractivity contribution in [1.29, 1.82) is 0 Å². The van der Waals surface area contributed by atoms with E-state index in [9.17, 15) is 19.8 Å². The first-order valence-electron chi connectivity index (χ1n) is 5.36. The van der Waals surface area contributed by atoms with Crippen LogP contribution in [0.4, 0.5) is 0 Å². The van der Waals surface area contributed by atoms with Gasteiger partial charge in [-0.3, -0.25) is 14.3 Å². The van der Waals surface area contributed by atoms with Gasteiger partial charge >= 0.3 is 5.69 Å². The van der Waals surface area contributed by atoms with Gasteiger partial charge in [0.15, 0.2) is 6.23 Å². The minimum atomic E-state index is -2.50. The van der Waals surface area contributed by atoms with Crippen molar-refractivity contribution < 1.29 is 21.4 Å². The smallest absolute Gasteiger partial charge is 0.330 e. The molecule has 8 heteroatoms. The van der Waals surface area contributed by atoms with E-state index in [0.717, 1.165) is 16.8 Å². The van der Waals surface area contributed by atoms with E-state index in [4.69, 9.17) is 11.2 Å². The molecule has 0 amide bonds. The molecule has 1 aromatic rings. The molecule has 0 unspecified atom stereocenters. The number of aromatic amines is 1. The Morgan fingerprint density at radius 1 is 1.53 bits per heavy atom. The number of hydrogen-bond donors (Lipinski definition) is 4. The molecule has 1 aromatic heterocycles. The molecule has 1 saturated heterocycles. The van der Waals surface area contributed by atoms with Crippen molar-refractivity contribution >= 4 is 0 Å². The van der Waals surface area contributed by atoms with Crippen molar-refractivity contribution in [3.8, 4) is 0 Å². The van der Waals surface area contributed by atoms with Gasteiger partial charge in [-0.2, -0.15) is 0 Å². The number of aromatic nitrogens is 2. The first-order chi connectivity index (χ1) is 8.37. The summed E-state index contributed by atoms with van der Waals surface area (Å²) in [4.78, 5) is 24.3. The summed E-state index contributed by atoms with van der Waals surface area (Å²) < 4.78 is 13.4. The maximum Gasteiger partial charge on any atom is 0.330 e. The first-order valence-corrected chi connectivity index (χ1v) is 4.86. The van der Waals surface area contributed by atoms with E-state index in [1.807, 2.05) is 4.98 Å². The van der Waals surface area contributed by atoms with E-state index in [0.29, 0.717) is 0 Å². The third-order valence-electron chi connectivity index (χ3n) is 2.50. The van der Waals surface area contributed by atoms with Gasteiger partial charge in [0.25, 0.3) is 5.56 Å². The van der Waals surface area contributed by atoms with Gasteiger partial charge in [0.05, 0.1) is 7.98 Å². The molecule has 4 atom stereocenters. The van der Waals surface area contributed by atoms with E-state index in [1.165, 1.54) is 0 Å². The molecule has 17 heavy (non-hydrogen) atoms. The lowest BCUT2D eigenvalue weighted by atomic mass is 10.1. The number of nitrogens with one attached hydrogen (secondary N) is 1. The molecule has 94 valence electrons. The van der Waals surface area contributed by atoms with Crippen molar-refractivity contribution in [3.05, 3.63) is 33.1 Å². The second kappa shape index (κ2) is 4.41. The predicted molar refractivity (Wildman–Crippen MR) is 54.3 cm³/mol. The normalized spacial score (nSPS) is 38.1. The van der Waals surface area contributed by atoms with E-state index in [2.05, 4.69) is 0 Å². The molecule has 0 radical (unpaired) electrons. The fourth-order valence-corrected chi connectivity index (χ4v) is 1.61. The molecule has 1 fully saturated rings. The molecule has 2 rings (SSSR count). The lowest BCUT2D eigenvalue weighted by Gasteiger charge is -2.16. The summed E-state index contributed by atoms with van der Waals surface area (Å²) in [5.74, 6) is 0. The fraction of sp³-hybridized carbons (Fsp3) is 0.556. The highest BCUT2D eigenvalue weighted by Crippen LogP contribution is 2.27. The van der Waals surface area contributed by atoms with Gasteiger partial charge < -0.3 is 20.1 Å². The topological polar surface area (TPSA) is 125 Å². The van der Waals surface area contributed by atoms with E-state index in [-0.39, 0.29) is 0 Å². The Morgan fingerprint density at radius 2 is 2.24 bits per heavy atom. The SMILES string of the molecule is [3H][C@@]1(O)[C@H](O)[C@@H](CO)O[C@H]1n1ccc(=O)[nH]c1=O. The summed E-state index contributed by atoms with van der Waals surface area (Å²) in [5, 5.41) is 28.3. The third-order valence-corrected chi connectivity index (χ3v) is 2.50. The molecule has 0 aliphatic carbocycles. The number of aliphatic hydroxyl groups excluding tert-OH is 2. The summed E-state index contributed by atoms with van der Waals surface area (Å²) in [6.45, 7) is -0.614. The number of nitrogens with zero attached hydrogens (tertiary/aromatic N) is 1. The molecular weight excluding hydrogens is 232 g/mol. The quantitative estimate of drug-likeness (QED) is 0.445. The average molecular weight is 246 g/mol. The van der Waals surface area contributed by atoms with Crippen LogP contribution in [0.3, 0.4) is 0 Å². The van der Waals surface area contributed by atoms with Gasteiger partial charge in [0.1, 0.15) is 18.3 Å². The molecule has 0 saturated carbocycles. The second-order valence-electron chi connectivity index (χ2n) is 3.60. The highest BCUT2D eigenvalue weighted by Gasteiger charge is 2.43. The fourth-order valence-electron chi connectivity index (χ4n) is 1.61. The summed E-state index contributed by atoms with van der Waals surface area (Å²) >= 11 is 0. The Kier molecular flexibility index (Phi) is 2.77. The largest absolute Gasteiger partial charge is 0.394 e. The highest BCUT2D eigenvalue weighted by atomic mass is 16.6. The van der Waals surface area contributed by atoms with E-state index >= 15 is 0 Å². The predicted octanol–water partition coefficient (Wildman–Crippen LogP) is -2.85. The van der Waals surface area contributed by atoms with Gasteiger partial charge in [0, 0.05) is 12.3 Å². The van der Waals surface area contributed by atoms with Crippen molar-refractivity contribution in [1.82, 2.24) is 9.55 Å². The van der Waals surface area contributed by atoms with Crippen LogP contribution < -0.4 is 11.2 Å². The van der Waals surface area contributed by atoms with Crippen LogP contribution in [0.25, 0.3) is 0 Å². The zero-order valence-corrected chi connectivity index (χ0v) is 8.61. The van der Waals surface area contributed by atoms with Crippen LogP contribution in [0.1, 0.15) is 7.60 Å². The van der Waals surface area contributed by atoms with Crippen LogP contribution in [0.5, 0.6) is 0 Å². The minimum absolute atomic E-state index is 0.614. The van der Waals surface area contributed by atoms with Crippen LogP contribution in [0.15, 0.2) is 21.9 Å². The molecule has 1 aliphatic rings. The Bertz CT molecular complexity index is 552. The van der Waals surface area contributed by atoms with Gasteiger partial charge in [-0.1, -0.05) is 0 Å². The molecule has 8 nitrogen and oxygen atoms in total. The third kappa shape index (κ3) is 2.03. The lowest BCUT2D eigenvalue weighted by molar-refractivity contribution is -0.0550. The average Bonchev–Trinajstić information content (AvgIpc) is 2.52. The lowest BCUT2D eigenvalue weighted by Crippen LogP contribution is -2.37. The molecule has 0 spiro atoms. The Morgan fingerprint density at radius 3 is 2.76 bits per heavy atom. The molecular formula is C9H12N2O6. The van der Waals surface area contributed by atoms with E-state index in [1.54, 1.807) is 0 Å². The van der Waals surface area contributed by atoms with Crippen molar-refractivity contribution in [2.75, 3.05) is 6.61 Å². The van der Waals surface area contributed by atoms with Gasteiger partial charge in [-0.25, -0.2) is 4.79 Å². The molecule has 0 bridgehead atoms. The standard InChI is InChI=1S/C9H12N2O6/c12-3-4-6(14)7(15)8(17-4)11-2-1-5(13)10-9(11)16/h1-2,4,6-8,12,14-15H,3H2,(H,10,13,16)/t4-,6-,7-,8-/m1/s1/i7T. The molecule has 4 N–H and O–H groups in total. The number of hydrogen-bond acceptors (Lipinski definition) is 6. The van der Waals surface area contributed by atoms with Crippen LogP contribution >= 0.6 is 0 Å². The van der Waals surface area contributed by atoms with Crippen molar-refractivity contribution in [2.24, 2.45) is 0 Å². The van der Waals surface area contributed by atoms with Crippen LogP contribution in [-0.4, -0.2) is 49.8 Å². The first kappa shape index (κ1) is 10.7. The van der Waals surface area contributed by atoms with Crippen LogP contribution in [-0.2, 0) is 4.74 Å². The number of H-pyrrole nitrogens is 1. The zero-order valence-electron chi connectivity index (χ0n) is 9.61. The highest BCUT2D eigenvalue weighted by molar-refractivity contribution is 4.92.